The normalized spacial score (nSPS) is 14.8. The first-order chi connectivity index (χ1) is 15.7. The molecule has 0 atom stereocenters. The number of nitro benzene ring substituents is 1. The summed E-state index contributed by atoms with van der Waals surface area (Å²) < 4.78 is 41.8. The molecule has 4 rings (SSSR count). The highest BCUT2D eigenvalue weighted by Crippen LogP contribution is 2.33. The number of nitrogens with zero attached hydrogens (tertiary/aromatic N) is 4. The molecular weight excluding hydrogens is 461 g/mol. The Balaban J connectivity index is 1.37. The number of hydrogen-bond donors (Lipinski definition) is 0. The first kappa shape index (κ1) is 22.5. The molecule has 12 heteroatoms. The number of non-ortho nitro benzene ring substituents is 1. The maximum Gasteiger partial charge on any atom is 0.573 e. The van der Waals surface area contributed by atoms with Crippen molar-refractivity contribution < 1.29 is 27.6 Å². The second-order valence-corrected chi connectivity index (χ2v) is 8.18. The largest absolute Gasteiger partial charge is 0.573 e. The van der Waals surface area contributed by atoms with Gasteiger partial charge in [-0.15, -0.1) is 13.2 Å². The average molecular weight is 478 g/mol. The third-order valence-electron chi connectivity index (χ3n) is 4.94. The molecule has 1 aromatic heterocycles. The van der Waals surface area contributed by atoms with E-state index in [2.05, 4.69) is 9.72 Å². The topological polar surface area (TPSA) is 88.8 Å². The molecular formula is C21H17F3N4O4S. The maximum absolute atomic E-state index is 12.5. The Labute approximate surface area is 189 Å². The van der Waals surface area contributed by atoms with Gasteiger partial charge in [0.2, 0.25) is 5.91 Å². The SMILES string of the molecule is O=C(/C=C/c1cccc([N+](=O)[O-])c1)N1CCN(c2nc3ccc(OC(F)(F)F)cc3s2)CC1. The van der Waals surface area contributed by atoms with Gasteiger partial charge in [0.1, 0.15) is 5.75 Å². The van der Waals surface area contributed by atoms with E-state index in [1.807, 2.05) is 4.90 Å². The number of hydrogen-bond acceptors (Lipinski definition) is 7. The quantitative estimate of drug-likeness (QED) is 0.306. The highest BCUT2D eigenvalue weighted by Gasteiger charge is 2.31. The number of piperazine rings is 1. The summed E-state index contributed by atoms with van der Waals surface area (Å²) in [7, 11) is 0. The summed E-state index contributed by atoms with van der Waals surface area (Å²) in [5.41, 5.74) is 1.08. The zero-order valence-electron chi connectivity index (χ0n) is 17.0. The van der Waals surface area contributed by atoms with Gasteiger partial charge >= 0.3 is 6.36 Å². The van der Waals surface area contributed by atoms with Gasteiger partial charge in [-0.05, 0) is 23.8 Å². The van der Waals surface area contributed by atoms with Crippen molar-refractivity contribution in [2.45, 2.75) is 6.36 Å². The fraction of sp³-hybridized carbons (Fsp3) is 0.238. The number of thiazole rings is 1. The first-order valence-corrected chi connectivity index (χ1v) is 10.6. The molecule has 0 saturated carbocycles. The van der Waals surface area contributed by atoms with Crippen molar-refractivity contribution in [3.05, 3.63) is 64.2 Å². The van der Waals surface area contributed by atoms with Crippen LogP contribution in [0.25, 0.3) is 16.3 Å². The van der Waals surface area contributed by atoms with Gasteiger partial charge in [0.05, 0.1) is 15.1 Å². The minimum Gasteiger partial charge on any atom is -0.406 e. The Kier molecular flexibility index (Phi) is 6.18. The Morgan fingerprint density at radius 1 is 1.15 bits per heavy atom. The van der Waals surface area contributed by atoms with E-state index in [0.717, 1.165) is 0 Å². The van der Waals surface area contributed by atoms with Gasteiger partial charge in [0.15, 0.2) is 5.13 Å². The molecule has 33 heavy (non-hydrogen) atoms. The molecule has 0 spiro atoms. The van der Waals surface area contributed by atoms with Gasteiger partial charge in [-0.1, -0.05) is 23.5 Å². The van der Waals surface area contributed by atoms with E-state index < -0.39 is 11.3 Å². The second-order valence-electron chi connectivity index (χ2n) is 7.17. The number of halogens is 3. The molecule has 1 aliphatic rings. The minimum absolute atomic E-state index is 0.0499. The lowest BCUT2D eigenvalue weighted by Crippen LogP contribution is -2.48. The van der Waals surface area contributed by atoms with Crippen molar-refractivity contribution in [1.82, 2.24) is 9.88 Å². The summed E-state index contributed by atoms with van der Waals surface area (Å²) >= 11 is 1.26. The van der Waals surface area contributed by atoms with Crippen LogP contribution in [0, 0.1) is 10.1 Å². The Morgan fingerprint density at radius 3 is 2.61 bits per heavy atom. The van der Waals surface area contributed by atoms with Crippen LogP contribution in [0.3, 0.4) is 0 Å². The van der Waals surface area contributed by atoms with Crippen LogP contribution < -0.4 is 9.64 Å². The number of alkyl halides is 3. The van der Waals surface area contributed by atoms with Crippen molar-refractivity contribution >= 4 is 44.4 Å². The standard InChI is InChI=1S/C21H17F3N4O4S/c22-21(23,24)32-16-5-6-17-18(13-16)33-20(25-17)27-10-8-26(9-11-27)19(29)7-4-14-2-1-3-15(12-14)28(30)31/h1-7,12-13H,8-11H2/b7-4+. The second kappa shape index (κ2) is 9.06. The first-order valence-electron chi connectivity index (χ1n) is 9.81. The summed E-state index contributed by atoms with van der Waals surface area (Å²) in [5.74, 6) is -0.504. The summed E-state index contributed by atoms with van der Waals surface area (Å²) in [6, 6.07) is 10.0. The van der Waals surface area contributed by atoms with Gasteiger partial charge in [0.25, 0.3) is 5.69 Å². The summed E-state index contributed by atoms with van der Waals surface area (Å²) in [4.78, 5) is 31.0. The van der Waals surface area contributed by atoms with E-state index in [1.54, 1.807) is 17.0 Å². The molecule has 3 aromatic rings. The van der Waals surface area contributed by atoms with Gasteiger partial charge in [-0.25, -0.2) is 4.98 Å². The molecule has 2 heterocycles. The van der Waals surface area contributed by atoms with Crippen LogP contribution in [0.5, 0.6) is 5.75 Å². The van der Waals surface area contributed by atoms with E-state index in [4.69, 9.17) is 0 Å². The van der Waals surface area contributed by atoms with Crippen LogP contribution in [-0.4, -0.2) is 53.3 Å². The van der Waals surface area contributed by atoms with Gasteiger partial charge in [-0.2, -0.15) is 0 Å². The molecule has 172 valence electrons. The predicted octanol–water partition coefficient (Wildman–Crippen LogP) is 4.47. The molecule has 0 radical (unpaired) electrons. The lowest BCUT2D eigenvalue weighted by atomic mass is 10.2. The van der Waals surface area contributed by atoms with E-state index in [1.165, 1.54) is 53.8 Å². The number of nitro groups is 1. The van der Waals surface area contributed by atoms with Crippen molar-refractivity contribution in [3.63, 3.8) is 0 Å². The molecule has 1 amide bonds. The minimum atomic E-state index is -4.76. The molecule has 1 saturated heterocycles. The Morgan fingerprint density at radius 2 is 1.91 bits per heavy atom. The van der Waals surface area contributed by atoms with E-state index in [0.29, 0.717) is 47.1 Å². The molecule has 1 aliphatic heterocycles. The van der Waals surface area contributed by atoms with Crippen molar-refractivity contribution in [2.75, 3.05) is 31.1 Å². The summed E-state index contributed by atoms with van der Waals surface area (Å²) in [6.45, 7) is 1.91. The third kappa shape index (κ3) is 5.58. The lowest BCUT2D eigenvalue weighted by Gasteiger charge is -2.34. The molecule has 0 aliphatic carbocycles. The fourth-order valence-electron chi connectivity index (χ4n) is 3.36. The van der Waals surface area contributed by atoms with Crippen LogP contribution in [0.4, 0.5) is 24.0 Å². The molecule has 1 fully saturated rings. The van der Waals surface area contributed by atoms with E-state index in [-0.39, 0.29) is 17.3 Å². The van der Waals surface area contributed by atoms with Gasteiger partial charge in [0, 0.05) is 50.5 Å². The number of carbonyl (C=O) groups excluding carboxylic acids is 1. The van der Waals surface area contributed by atoms with Crippen molar-refractivity contribution in [3.8, 4) is 5.75 Å². The predicted molar refractivity (Wildman–Crippen MR) is 117 cm³/mol. The van der Waals surface area contributed by atoms with Crippen molar-refractivity contribution in [1.29, 1.82) is 0 Å². The molecule has 0 N–H and O–H groups in total. The third-order valence-corrected chi connectivity index (χ3v) is 6.02. The molecule has 2 aromatic carbocycles. The number of benzene rings is 2. The number of aromatic nitrogens is 1. The highest BCUT2D eigenvalue weighted by atomic mass is 32.1. The van der Waals surface area contributed by atoms with Gasteiger partial charge < -0.3 is 14.5 Å². The van der Waals surface area contributed by atoms with E-state index in [9.17, 15) is 28.1 Å². The lowest BCUT2D eigenvalue weighted by molar-refractivity contribution is -0.384. The molecule has 0 unspecified atom stereocenters. The van der Waals surface area contributed by atoms with Crippen LogP contribution in [-0.2, 0) is 4.79 Å². The van der Waals surface area contributed by atoms with E-state index >= 15 is 0 Å². The zero-order chi connectivity index (χ0) is 23.6. The number of anilines is 1. The summed E-state index contributed by atoms with van der Waals surface area (Å²) in [6.07, 6.45) is -1.84. The maximum atomic E-state index is 12.5. The molecule has 0 bridgehead atoms. The Bertz CT molecular complexity index is 1220. The number of ether oxygens (including phenoxy) is 1. The number of rotatable bonds is 5. The Hall–Kier alpha value is -3.67. The number of fused-ring (bicyclic) bond motifs is 1. The summed E-state index contributed by atoms with van der Waals surface area (Å²) in [5, 5.41) is 11.5. The van der Waals surface area contributed by atoms with Crippen LogP contribution in [0.2, 0.25) is 0 Å². The highest BCUT2D eigenvalue weighted by molar-refractivity contribution is 7.22. The van der Waals surface area contributed by atoms with Crippen molar-refractivity contribution in [2.24, 2.45) is 0 Å². The smallest absolute Gasteiger partial charge is 0.406 e. The van der Waals surface area contributed by atoms with Crippen LogP contribution in [0.15, 0.2) is 48.5 Å². The molecule has 8 nitrogen and oxygen atoms in total. The number of amides is 1. The fourth-order valence-corrected chi connectivity index (χ4v) is 4.40. The monoisotopic (exact) mass is 478 g/mol. The zero-order valence-corrected chi connectivity index (χ0v) is 17.8. The average Bonchev–Trinajstić information content (AvgIpc) is 3.20. The van der Waals surface area contributed by atoms with Crippen LogP contribution >= 0.6 is 11.3 Å². The van der Waals surface area contributed by atoms with Gasteiger partial charge in [-0.3, -0.25) is 14.9 Å². The number of carbonyl (C=O) groups is 1. The van der Waals surface area contributed by atoms with Crippen LogP contribution in [0.1, 0.15) is 5.56 Å².